The third-order valence-electron chi connectivity index (χ3n) is 4.28. The molecule has 0 radical (unpaired) electrons. The van der Waals surface area contributed by atoms with Gasteiger partial charge in [-0.05, 0) is 42.0 Å². The number of fused-ring (bicyclic) bond motifs is 1. The first-order valence-electron chi connectivity index (χ1n) is 8.05. The van der Waals surface area contributed by atoms with Gasteiger partial charge in [-0.3, -0.25) is 9.55 Å². The van der Waals surface area contributed by atoms with Crippen molar-refractivity contribution in [1.29, 1.82) is 0 Å². The van der Waals surface area contributed by atoms with E-state index in [9.17, 15) is 0 Å². The van der Waals surface area contributed by atoms with Crippen LogP contribution in [-0.2, 0) is 0 Å². The number of methoxy groups -OCH3 is 1. The predicted molar refractivity (Wildman–Crippen MR) is 97.9 cm³/mol. The molecule has 25 heavy (non-hydrogen) atoms. The average molecular weight is 330 g/mol. The Morgan fingerprint density at radius 2 is 1.84 bits per heavy atom. The standard InChI is InChI=1S/C20H18N4O/c1-25-19-8-3-2-7-18(19)24-13-23-16-12-14(9-10-17(16)24)20(21)15-6-4-5-11-22-15/h2-13,20H,21H2,1H3. The Morgan fingerprint density at radius 1 is 1.00 bits per heavy atom. The molecule has 0 aliphatic carbocycles. The van der Waals surface area contributed by atoms with Crippen LogP contribution in [0.1, 0.15) is 17.3 Å². The number of nitrogens with zero attached hydrogens (tertiary/aromatic N) is 3. The third-order valence-corrected chi connectivity index (χ3v) is 4.28. The number of nitrogens with two attached hydrogens (primary N) is 1. The highest BCUT2D eigenvalue weighted by atomic mass is 16.5. The van der Waals surface area contributed by atoms with E-state index in [1.54, 1.807) is 19.6 Å². The molecule has 0 fully saturated rings. The summed E-state index contributed by atoms with van der Waals surface area (Å²) in [4.78, 5) is 8.88. The SMILES string of the molecule is COc1ccccc1-n1cnc2cc(C(N)c3ccccn3)ccc21. The molecule has 0 saturated heterocycles. The predicted octanol–water partition coefficient (Wildman–Crippen LogP) is 3.48. The molecule has 4 aromatic rings. The Morgan fingerprint density at radius 3 is 2.64 bits per heavy atom. The van der Waals surface area contributed by atoms with Gasteiger partial charge in [-0.1, -0.05) is 24.3 Å². The number of ether oxygens (including phenoxy) is 1. The average Bonchev–Trinajstić information content (AvgIpc) is 3.11. The summed E-state index contributed by atoms with van der Waals surface area (Å²) in [6.07, 6.45) is 3.56. The minimum Gasteiger partial charge on any atom is -0.495 e. The fourth-order valence-corrected chi connectivity index (χ4v) is 2.97. The molecule has 4 rings (SSSR count). The summed E-state index contributed by atoms with van der Waals surface area (Å²) < 4.78 is 7.48. The van der Waals surface area contributed by atoms with E-state index in [0.717, 1.165) is 33.7 Å². The molecule has 2 N–H and O–H groups in total. The summed E-state index contributed by atoms with van der Waals surface area (Å²) in [6.45, 7) is 0. The van der Waals surface area contributed by atoms with Crippen molar-refractivity contribution in [1.82, 2.24) is 14.5 Å². The number of hydrogen-bond acceptors (Lipinski definition) is 4. The number of aromatic nitrogens is 3. The van der Waals surface area contributed by atoms with Gasteiger partial charge in [0.2, 0.25) is 0 Å². The van der Waals surface area contributed by atoms with E-state index < -0.39 is 0 Å². The van der Waals surface area contributed by atoms with Crippen molar-refractivity contribution in [3.05, 3.63) is 84.4 Å². The normalized spacial score (nSPS) is 12.2. The van der Waals surface area contributed by atoms with E-state index in [2.05, 4.69) is 9.97 Å². The van der Waals surface area contributed by atoms with Gasteiger partial charge in [-0.2, -0.15) is 0 Å². The Bertz CT molecular complexity index is 1010. The zero-order valence-corrected chi connectivity index (χ0v) is 13.8. The van der Waals surface area contributed by atoms with Crippen LogP contribution >= 0.6 is 0 Å². The summed E-state index contributed by atoms with van der Waals surface area (Å²) in [5.41, 5.74) is 11.0. The summed E-state index contributed by atoms with van der Waals surface area (Å²) in [5.74, 6) is 0.802. The molecule has 2 aromatic carbocycles. The van der Waals surface area contributed by atoms with Crippen molar-refractivity contribution in [3.63, 3.8) is 0 Å². The molecule has 124 valence electrons. The Kier molecular flexibility index (Phi) is 3.91. The van der Waals surface area contributed by atoms with Crippen molar-refractivity contribution >= 4 is 11.0 Å². The summed E-state index contributed by atoms with van der Waals surface area (Å²) in [6, 6.07) is 19.4. The van der Waals surface area contributed by atoms with E-state index in [1.807, 2.05) is 65.2 Å². The number of imidazole rings is 1. The van der Waals surface area contributed by atoms with Crippen LogP contribution in [0.4, 0.5) is 0 Å². The fourth-order valence-electron chi connectivity index (χ4n) is 2.97. The second-order valence-electron chi connectivity index (χ2n) is 5.77. The van der Waals surface area contributed by atoms with Gasteiger partial charge in [0.1, 0.15) is 12.1 Å². The van der Waals surface area contributed by atoms with E-state index in [4.69, 9.17) is 10.5 Å². The van der Waals surface area contributed by atoms with Crippen LogP contribution in [0.2, 0.25) is 0 Å². The second-order valence-corrected chi connectivity index (χ2v) is 5.77. The molecule has 0 amide bonds. The first kappa shape index (κ1) is 15.4. The molecular weight excluding hydrogens is 312 g/mol. The monoisotopic (exact) mass is 330 g/mol. The molecule has 5 heteroatoms. The molecule has 0 bridgehead atoms. The molecule has 2 aromatic heterocycles. The minimum atomic E-state index is -0.276. The zero-order valence-electron chi connectivity index (χ0n) is 13.8. The van der Waals surface area contributed by atoms with Crippen LogP contribution in [0.15, 0.2) is 73.2 Å². The number of benzene rings is 2. The van der Waals surface area contributed by atoms with Crippen LogP contribution in [0.5, 0.6) is 5.75 Å². The lowest BCUT2D eigenvalue weighted by atomic mass is 10.0. The van der Waals surface area contributed by atoms with Gasteiger partial charge < -0.3 is 10.5 Å². The molecule has 2 heterocycles. The fraction of sp³-hybridized carbons (Fsp3) is 0.100. The van der Waals surface area contributed by atoms with E-state index in [1.165, 1.54) is 0 Å². The van der Waals surface area contributed by atoms with Gasteiger partial charge in [0, 0.05) is 6.20 Å². The number of rotatable bonds is 4. The third kappa shape index (κ3) is 2.75. The Balaban J connectivity index is 1.77. The topological polar surface area (TPSA) is 66.0 Å². The van der Waals surface area contributed by atoms with Gasteiger partial charge in [0.25, 0.3) is 0 Å². The largest absolute Gasteiger partial charge is 0.495 e. The highest BCUT2D eigenvalue weighted by Gasteiger charge is 2.13. The molecule has 5 nitrogen and oxygen atoms in total. The van der Waals surface area contributed by atoms with Crippen LogP contribution in [0, 0.1) is 0 Å². The summed E-state index contributed by atoms with van der Waals surface area (Å²) in [5, 5.41) is 0. The molecule has 0 aliphatic heterocycles. The molecule has 1 unspecified atom stereocenters. The van der Waals surface area contributed by atoms with Gasteiger partial charge in [-0.25, -0.2) is 4.98 Å². The van der Waals surface area contributed by atoms with Gasteiger partial charge in [0.05, 0.1) is 35.6 Å². The molecule has 0 saturated carbocycles. The van der Waals surface area contributed by atoms with Crippen molar-refractivity contribution in [3.8, 4) is 11.4 Å². The van der Waals surface area contributed by atoms with Crippen molar-refractivity contribution in [2.45, 2.75) is 6.04 Å². The number of para-hydroxylation sites is 2. The molecule has 0 spiro atoms. The van der Waals surface area contributed by atoms with E-state index >= 15 is 0 Å². The minimum absolute atomic E-state index is 0.276. The van der Waals surface area contributed by atoms with Crippen LogP contribution in [0.3, 0.4) is 0 Å². The highest BCUT2D eigenvalue weighted by Crippen LogP contribution is 2.28. The van der Waals surface area contributed by atoms with Crippen LogP contribution in [0.25, 0.3) is 16.7 Å². The summed E-state index contributed by atoms with van der Waals surface area (Å²) in [7, 11) is 1.67. The lowest BCUT2D eigenvalue weighted by Gasteiger charge is -2.12. The maximum absolute atomic E-state index is 6.35. The smallest absolute Gasteiger partial charge is 0.142 e. The van der Waals surface area contributed by atoms with Gasteiger partial charge >= 0.3 is 0 Å². The Labute approximate surface area is 145 Å². The van der Waals surface area contributed by atoms with Crippen molar-refractivity contribution in [2.24, 2.45) is 5.73 Å². The first-order valence-corrected chi connectivity index (χ1v) is 8.05. The number of hydrogen-bond donors (Lipinski definition) is 1. The van der Waals surface area contributed by atoms with Gasteiger partial charge in [0.15, 0.2) is 0 Å². The van der Waals surface area contributed by atoms with Crippen LogP contribution in [-0.4, -0.2) is 21.6 Å². The Hall–Kier alpha value is -3.18. The maximum atomic E-state index is 6.35. The van der Waals surface area contributed by atoms with Crippen molar-refractivity contribution in [2.75, 3.05) is 7.11 Å². The van der Waals surface area contributed by atoms with E-state index in [0.29, 0.717) is 0 Å². The zero-order chi connectivity index (χ0) is 17.2. The highest BCUT2D eigenvalue weighted by molar-refractivity contribution is 5.79. The maximum Gasteiger partial charge on any atom is 0.142 e. The lowest BCUT2D eigenvalue weighted by Crippen LogP contribution is -2.13. The lowest BCUT2D eigenvalue weighted by molar-refractivity contribution is 0.413. The first-order chi connectivity index (χ1) is 12.3. The van der Waals surface area contributed by atoms with Gasteiger partial charge in [-0.15, -0.1) is 0 Å². The van der Waals surface area contributed by atoms with E-state index in [-0.39, 0.29) is 6.04 Å². The second kappa shape index (κ2) is 6.37. The van der Waals surface area contributed by atoms with Crippen LogP contribution < -0.4 is 10.5 Å². The molecular formula is C20H18N4O. The quantitative estimate of drug-likeness (QED) is 0.622. The molecule has 0 aliphatic rings. The number of pyridine rings is 1. The molecule has 1 atom stereocenters. The summed E-state index contributed by atoms with van der Waals surface area (Å²) >= 11 is 0. The van der Waals surface area contributed by atoms with Crippen molar-refractivity contribution < 1.29 is 4.74 Å².